The molecule has 2 rings (SSSR count). The van der Waals surface area contributed by atoms with Gasteiger partial charge in [0, 0.05) is 0 Å². The lowest BCUT2D eigenvalue weighted by molar-refractivity contribution is 0.738. The van der Waals surface area contributed by atoms with E-state index in [1.165, 1.54) is 0 Å². The third-order valence-corrected chi connectivity index (χ3v) is 2.31. The highest BCUT2D eigenvalue weighted by Gasteiger charge is 2.12. The van der Waals surface area contributed by atoms with Crippen LogP contribution in [0.1, 0.15) is 29.1 Å². The summed E-state index contributed by atoms with van der Waals surface area (Å²) in [5, 5.41) is 0. The predicted octanol–water partition coefficient (Wildman–Crippen LogP) is 1.54. The molecule has 0 fully saturated rings. The lowest BCUT2D eigenvalue weighted by Crippen LogP contribution is -2.17. The average molecular weight is 214 g/mol. The molecule has 0 spiro atoms. The van der Waals surface area contributed by atoms with E-state index in [9.17, 15) is 0 Å². The van der Waals surface area contributed by atoms with Gasteiger partial charge < -0.3 is 5.73 Å². The molecule has 82 valence electrons. The molecular formula is C12H14N4. The van der Waals surface area contributed by atoms with E-state index in [0.29, 0.717) is 17.5 Å². The Morgan fingerprint density at radius 2 is 1.50 bits per heavy atom. The van der Waals surface area contributed by atoms with Gasteiger partial charge in [0.1, 0.15) is 11.6 Å². The summed E-state index contributed by atoms with van der Waals surface area (Å²) in [4.78, 5) is 12.7. The van der Waals surface area contributed by atoms with Crippen molar-refractivity contribution in [1.29, 1.82) is 0 Å². The van der Waals surface area contributed by atoms with Crippen LogP contribution in [-0.4, -0.2) is 15.0 Å². The molecule has 2 N–H and O–H groups in total. The van der Waals surface area contributed by atoms with Gasteiger partial charge in [0.2, 0.25) is 0 Å². The summed E-state index contributed by atoms with van der Waals surface area (Å²) in [5.74, 6) is 2.03. The molecule has 0 radical (unpaired) electrons. The van der Waals surface area contributed by atoms with Crippen LogP contribution in [0.5, 0.6) is 0 Å². The van der Waals surface area contributed by atoms with Crippen molar-refractivity contribution in [3.8, 4) is 0 Å². The van der Waals surface area contributed by atoms with E-state index in [0.717, 1.165) is 5.56 Å². The summed E-state index contributed by atoms with van der Waals surface area (Å²) in [6.45, 7) is 3.69. The third kappa shape index (κ3) is 2.23. The van der Waals surface area contributed by atoms with E-state index in [-0.39, 0.29) is 6.04 Å². The number of hydrogen-bond acceptors (Lipinski definition) is 4. The van der Waals surface area contributed by atoms with Crippen LogP contribution < -0.4 is 5.73 Å². The zero-order valence-electron chi connectivity index (χ0n) is 9.38. The Morgan fingerprint density at radius 3 is 2.06 bits per heavy atom. The SMILES string of the molecule is Cc1nc(C)nc(C(N)c2ccccc2)n1. The quantitative estimate of drug-likeness (QED) is 0.823. The largest absolute Gasteiger partial charge is 0.318 e. The molecule has 1 unspecified atom stereocenters. The van der Waals surface area contributed by atoms with Gasteiger partial charge in [-0.15, -0.1) is 0 Å². The molecule has 0 aliphatic carbocycles. The van der Waals surface area contributed by atoms with E-state index in [2.05, 4.69) is 15.0 Å². The molecule has 16 heavy (non-hydrogen) atoms. The first-order valence-corrected chi connectivity index (χ1v) is 5.16. The Hall–Kier alpha value is -1.81. The fraction of sp³-hybridized carbons (Fsp3) is 0.250. The normalized spacial score (nSPS) is 12.4. The number of hydrogen-bond donors (Lipinski definition) is 1. The smallest absolute Gasteiger partial charge is 0.153 e. The molecule has 0 saturated heterocycles. The van der Waals surface area contributed by atoms with Gasteiger partial charge in [0.05, 0.1) is 6.04 Å². The fourth-order valence-electron chi connectivity index (χ4n) is 1.59. The monoisotopic (exact) mass is 214 g/mol. The number of rotatable bonds is 2. The number of benzene rings is 1. The van der Waals surface area contributed by atoms with Gasteiger partial charge in [-0.2, -0.15) is 0 Å². The van der Waals surface area contributed by atoms with Crippen molar-refractivity contribution in [2.45, 2.75) is 19.9 Å². The maximum atomic E-state index is 6.10. The standard InChI is InChI=1S/C12H14N4/c1-8-14-9(2)16-12(15-8)11(13)10-6-4-3-5-7-10/h3-7,11H,13H2,1-2H3. The zero-order chi connectivity index (χ0) is 11.5. The molecule has 1 aromatic heterocycles. The van der Waals surface area contributed by atoms with Gasteiger partial charge in [-0.3, -0.25) is 0 Å². The minimum atomic E-state index is -0.290. The second-order valence-corrected chi connectivity index (χ2v) is 3.68. The highest BCUT2D eigenvalue weighted by atomic mass is 15.0. The first kappa shape index (κ1) is 10.7. The fourth-order valence-corrected chi connectivity index (χ4v) is 1.59. The summed E-state index contributed by atoms with van der Waals surface area (Å²) in [7, 11) is 0. The van der Waals surface area contributed by atoms with E-state index in [1.807, 2.05) is 44.2 Å². The molecule has 2 aromatic rings. The van der Waals surface area contributed by atoms with Gasteiger partial charge in [0.15, 0.2) is 5.82 Å². The lowest BCUT2D eigenvalue weighted by Gasteiger charge is -2.11. The Kier molecular flexibility index (Phi) is 2.92. The zero-order valence-corrected chi connectivity index (χ0v) is 9.38. The van der Waals surface area contributed by atoms with Crippen LogP contribution in [-0.2, 0) is 0 Å². The van der Waals surface area contributed by atoms with Crippen LogP contribution >= 0.6 is 0 Å². The molecule has 4 nitrogen and oxygen atoms in total. The summed E-state index contributed by atoms with van der Waals surface area (Å²) < 4.78 is 0. The van der Waals surface area contributed by atoms with Crippen LogP contribution in [0.15, 0.2) is 30.3 Å². The van der Waals surface area contributed by atoms with Crippen molar-refractivity contribution in [1.82, 2.24) is 15.0 Å². The molecule has 1 heterocycles. The van der Waals surface area contributed by atoms with Crippen LogP contribution in [0.4, 0.5) is 0 Å². The third-order valence-electron chi connectivity index (χ3n) is 2.31. The maximum absolute atomic E-state index is 6.10. The Bertz CT molecular complexity index is 461. The summed E-state index contributed by atoms with van der Waals surface area (Å²) >= 11 is 0. The van der Waals surface area contributed by atoms with Gasteiger partial charge in [-0.1, -0.05) is 30.3 Å². The molecule has 0 aliphatic heterocycles. The minimum Gasteiger partial charge on any atom is -0.318 e. The van der Waals surface area contributed by atoms with E-state index in [1.54, 1.807) is 0 Å². The number of aryl methyl sites for hydroxylation is 2. The highest BCUT2D eigenvalue weighted by molar-refractivity contribution is 5.24. The molecule has 4 heteroatoms. The Labute approximate surface area is 94.6 Å². The van der Waals surface area contributed by atoms with Crippen LogP contribution in [0, 0.1) is 13.8 Å². The summed E-state index contributed by atoms with van der Waals surface area (Å²) in [6, 6.07) is 9.52. The second-order valence-electron chi connectivity index (χ2n) is 3.68. The summed E-state index contributed by atoms with van der Waals surface area (Å²) in [5.41, 5.74) is 7.11. The maximum Gasteiger partial charge on any atom is 0.153 e. The van der Waals surface area contributed by atoms with Crippen molar-refractivity contribution in [2.75, 3.05) is 0 Å². The first-order chi connectivity index (χ1) is 7.66. The molecule has 0 bridgehead atoms. The lowest BCUT2D eigenvalue weighted by atomic mass is 10.1. The van der Waals surface area contributed by atoms with E-state index >= 15 is 0 Å². The molecule has 1 atom stereocenters. The minimum absolute atomic E-state index is 0.290. The number of nitrogens with zero attached hydrogens (tertiary/aromatic N) is 3. The number of aromatic nitrogens is 3. The molecule has 0 saturated carbocycles. The molecule has 0 aliphatic rings. The van der Waals surface area contributed by atoms with Crippen LogP contribution in [0.3, 0.4) is 0 Å². The van der Waals surface area contributed by atoms with E-state index in [4.69, 9.17) is 5.73 Å². The Morgan fingerprint density at radius 1 is 0.938 bits per heavy atom. The number of nitrogens with two attached hydrogens (primary N) is 1. The second kappa shape index (κ2) is 4.37. The van der Waals surface area contributed by atoms with Gasteiger partial charge in [-0.05, 0) is 19.4 Å². The van der Waals surface area contributed by atoms with Crippen LogP contribution in [0.2, 0.25) is 0 Å². The van der Waals surface area contributed by atoms with Crippen molar-refractivity contribution in [3.63, 3.8) is 0 Å². The predicted molar refractivity (Wildman–Crippen MR) is 61.8 cm³/mol. The van der Waals surface area contributed by atoms with E-state index < -0.39 is 0 Å². The van der Waals surface area contributed by atoms with Crippen molar-refractivity contribution >= 4 is 0 Å². The van der Waals surface area contributed by atoms with Gasteiger partial charge >= 0.3 is 0 Å². The first-order valence-electron chi connectivity index (χ1n) is 5.16. The van der Waals surface area contributed by atoms with Crippen molar-refractivity contribution < 1.29 is 0 Å². The Balaban J connectivity index is 2.37. The summed E-state index contributed by atoms with van der Waals surface area (Å²) in [6.07, 6.45) is 0. The van der Waals surface area contributed by atoms with Crippen molar-refractivity contribution in [2.24, 2.45) is 5.73 Å². The van der Waals surface area contributed by atoms with Gasteiger partial charge in [-0.25, -0.2) is 15.0 Å². The van der Waals surface area contributed by atoms with Gasteiger partial charge in [0.25, 0.3) is 0 Å². The molecule has 1 aromatic carbocycles. The van der Waals surface area contributed by atoms with Crippen molar-refractivity contribution in [3.05, 3.63) is 53.4 Å². The molecule has 0 amide bonds. The average Bonchev–Trinajstić information content (AvgIpc) is 2.28. The van der Waals surface area contributed by atoms with Crippen LogP contribution in [0.25, 0.3) is 0 Å². The highest BCUT2D eigenvalue weighted by Crippen LogP contribution is 2.15. The topological polar surface area (TPSA) is 64.7 Å². The molecular weight excluding hydrogens is 200 g/mol.